The van der Waals surface area contributed by atoms with Gasteiger partial charge in [-0.25, -0.2) is 0 Å². The van der Waals surface area contributed by atoms with Crippen LogP contribution in [0.5, 0.6) is 0 Å². The van der Waals surface area contributed by atoms with Gasteiger partial charge in [0.25, 0.3) is 0 Å². The van der Waals surface area contributed by atoms with Gasteiger partial charge in [-0.3, -0.25) is 14.7 Å². The van der Waals surface area contributed by atoms with E-state index in [2.05, 4.69) is 39.3 Å². The number of hydrogen-bond donors (Lipinski definition) is 2. The molecule has 1 heterocycles. The molecule has 0 aromatic carbocycles. The molecule has 156 valence electrons. The summed E-state index contributed by atoms with van der Waals surface area (Å²) in [6.45, 7) is 11.2. The third-order valence-electron chi connectivity index (χ3n) is 5.83. The van der Waals surface area contributed by atoms with E-state index < -0.39 is 0 Å². The molecule has 6 nitrogen and oxygen atoms in total. The van der Waals surface area contributed by atoms with E-state index >= 15 is 0 Å². The van der Waals surface area contributed by atoms with Crippen LogP contribution in [0.25, 0.3) is 0 Å². The molecular weight excluding hydrogens is 338 g/mol. The van der Waals surface area contributed by atoms with E-state index in [9.17, 15) is 4.79 Å². The summed E-state index contributed by atoms with van der Waals surface area (Å²) in [5.41, 5.74) is 0. The second kappa shape index (κ2) is 12.2. The van der Waals surface area contributed by atoms with Crippen molar-refractivity contribution >= 4 is 11.9 Å². The first-order chi connectivity index (χ1) is 13.1. The highest BCUT2D eigenvalue weighted by molar-refractivity contribution is 5.79. The zero-order chi connectivity index (χ0) is 19.5. The normalized spacial score (nSPS) is 19.7. The van der Waals surface area contributed by atoms with Gasteiger partial charge in [-0.15, -0.1) is 0 Å². The summed E-state index contributed by atoms with van der Waals surface area (Å²) in [4.78, 5) is 21.4. The third-order valence-corrected chi connectivity index (χ3v) is 5.83. The number of hydrogen-bond acceptors (Lipinski definition) is 3. The fraction of sp³-hybridized carbons (Fsp3) is 0.905. The first kappa shape index (κ1) is 22.0. The highest BCUT2D eigenvalue weighted by atomic mass is 16.2. The van der Waals surface area contributed by atoms with Crippen molar-refractivity contribution < 1.29 is 4.79 Å². The standard InChI is InChI=1S/C21H41N5O/c1-18(2)8-6-7-11-23-21(22-3)24-12-13-25-14-16-26(17-15-25)20(27)19-9-4-5-10-19/h18-19H,4-17H2,1-3H3,(H2,22,23,24). The number of nitrogens with zero attached hydrogens (tertiary/aromatic N) is 3. The first-order valence-corrected chi connectivity index (χ1v) is 11.1. The minimum absolute atomic E-state index is 0.313. The van der Waals surface area contributed by atoms with E-state index in [4.69, 9.17) is 0 Å². The highest BCUT2D eigenvalue weighted by Crippen LogP contribution is 2.26. The lowest BCUT2D eigenvalue weighted by atomic mass is 10.1. The molecule has 0 aromatic heterocycles. The summed E-state index contributed by atoms with van der Waals surface area (Å²) >= 11 is 0. The van der Waals surface area contributed by atoms with Gasteiger partial charge in [-0.2, -0.15) is 0 Å². The van der Waals surface area contributed by atoms with E-state index in [1.165, 1.54) is 32.1 Å². The van der Waals surface area contributed by atoms with Crippen molar-refractivity contribution in [1.29, 1.82) is 0 Å². The zero-order valence-corrected chi connectivity index (χ0v) is 17.8. The predicted molar refractivity (Wildman–Crippen MR) is 113 cm³/mol. The maximum absolute atomic E-state index is 12.5. The van der Waals surface area contributed by atoms with Crippen LogP contribution in [0.1, 0.15) is 58.8 Å². The number of amides is 1. The number of carbonyl (C=O) groups excluding carboxylic acids is 1. The van der Waals surface area contributed by atoms with Crippen LogP contribution in [-0.2, 0) is 4.79 Å². The van der Waals surface area contributed by atoms with E-state index in [1.807, 2.05) is 7.05 Å². The van der Waals surface area contributed by atoms with E-state index in [-0.39, 0.29) is 0 Å². The fourth-order valence-corrected chi connectivity index (χ4v) is 4.06. The summed E-state index contributed by atoms with van der Waals surface area (Å²) in [5, 5.41) is 6.81. The molecular formula is C21H41N5O. The van der Waals surface area contributed by atoms with Gasteiger partial charge in [0.15, 0.2) is 5.96 Å². The average Bonchev–Trinajstić information content (AvgIpc) is 3.21. The van der Waals surface area contributed by atoms with Crippen molar-refractivity contribution in [1.82, 2.24) is 20.4 Å². The number of aliphatic imine (C=N–C) groups is 1. The molecule has 1 aliphatic heterocycles. The van der Waals surface area contributed by atoms with Crippen molar-refractivity contribution in [2.24, 2.45) is 16.8 Å². The Morgan fingerprint density at radius 1 is 1.04 bits per heavy atom. The van der Waals surface area contributed by atoms with Gasteiger partial charge in [-0.05, 0) is 25.2 Å². The van der Waals surface area contributed by atoms with Crippen LogP contribution >= 0.6 is 0 Å². The molecule has 0 spiro atoms. The quantitative estimate of drug-likeness (QED) is 0.367. The second-order valence-corrected chi connectivity index (χ2v) is 8.46. The van der Waals surface area contributed by atoms with Gasteiger partial charge in [-0.1, -0.05) is 39.5 Å². The first-order valence-electron chi connectivity index (χ1n) is 11.1. The van der Waals surface area contributed by atoms with E-state index in [1.54, 1.807) is 0 Å². The van der Waals surface area contributed by atoms with Gasteiger partial charge in [0.2, 0.25) is 5.91 Å². The van der Waals surface area contributed by atoms with Crippen LogP contribution in [0.2, 0.25) is 0 Å². The van der Waals surface area contributed by atoms with Crippen LogP contribution in [-0.4, -0.2) is 74.5 Å². The Bertz CT molecular complexity index is 451. The Kier molecular flexibility index (Phi) is 9.95. The Morgan fingerprint density at radius 2 is 1.70 bits per heavy atom. The number of piperazine rings is 1. The summed E-state index contributed by atoms with van der Waals surface area (Å²) in [5.74, 6) is 2.41. The van der Waals surface area contributed by atoms with Crippen LogP contribution < -0.4 is 10.6 Å². The number of nitrogens with one attached hydrogen (secondary N) is 2. The minimum atomic E-state index is 0.313. The number of guanidine groups is 1. The molecule has 27 heavy (non-hydrogen) atoms. The molecule has 0 aromatic rings. The fourth-order valence-electron chi connectivity index (χ4n) is 4.06. The lowest BCUT2D eigenvalue weighted by Gasteiger charge is -2.36. The Morgan fingerprint density at radius 3 is 2.33 bits per heavy atom. The lowest BCUT2D eigenvalue weighted by molar-refractivity contribution is -0.137. The molecule has 0 radical (unpaired) electrons. The molecule has 2 N–H and O–H groups in total. The smallest absolute Gasteiger partial charge is 0.225 e. The lowest BCUT2D eigenvalue weighted by Crippen LogP contribution is -2.51. The van der Waals surface area contributed by atoms with Gasteiger partial charge in [0.05, 0.1) is 0 Å². The van der Waals surface area contributed by atoms with Crippen molar-refractivity contribution in [3.63, 3.8) is 0 Å². The summed E-state index contributed by atoms with van der Waals surface area (Å²) < 4.78 is 0. The maximum atomic E-state index is 12.5. The topological polar surface area (TPSA) is 60.0 Å². The molecule has 1 amide bonds. The Labute approximate surface area is 166 Å². The van der Waals surface area contributed by atoms with Crippen molar-refractivity contribution in [2.45, 2.75) is 58.8 Å². The van der Waals surface area contributed by atoms with Crippen molar-refractivity contribution in [3.8, 4) is 0 Å². The Hall–Kier alpha value is -1.30. The van der Waals surface area contributed by atoms with Crippen LogP contribution in [0.4, 0.5) is 0 Å². The van der Waals surface area contributed by atoms with E-state index in [0.717, 1.165) is 70.5 Å². The van der Waals surface area contributed by atoms with Gasteiger partial charge in [0.1, 0.15) is 0 Å². The monoisotopic (exact) mass is 379 g/mol. The van der Waals surface area contributed by atoms with E-state index in [0.29, 0.717) is 11.8 Å². The molecule has 1 saturated carbocycles. The van der Waals surface area contributed by atoms with Gasteiger partial charge in [0, 0.05) is 58.8 Å². The molecule has 0 unspecified atom stereocenters. The number of unbranched alkanes of at least 4 members (excludes halogenated alkanes) is 1. The predicted octanol–water partition coefficient (Wildman–Crippen LogP) is 2.31. The van der Waals surface area contributed by atoms with Crippen molar-refractivity contribution in [3.05, 3.63) is 0 Å². The van der Waals surface area contributed by atoms with Crippen molar-refractivity contribution in [2.75, 3.05) is 52.9 Å². The SMILES string of the molecule is CN=C(NCCCCC(C)C)NCCN1CCN(C(=O)C2CCCC2)CC1. The summed E-state index contributed by atoms with van der Waals surface area (Å²) in [6, 6.07) is 0. The molecule has 2 rings (SSSR count). The highest BCUT2D eigenvalue weighted by Gasteiger charge is 2.29. The largest absolute Gasteiger partial charge is 0.356 e. The molecule has 6 heteroatoms. The van der Waals surface area contributed by atoms with Gasteiger partial charge >= 0.3 is 0 Å². The zero-order valence-electron chi connectivity index (χ0n) is 17.8. The Balaban J connectivity index is 1.54. The number of carbonyl (C=O) groups is 1. The van der Waals surface area contributed by atoms with Crippen LogP contribution in [0, 0.1) is 11.8 Å². The van der Waals surface area contributed by atoms with Crippen LogP contribution in [0.15, 0.2) is 4.99 Å². The molecule has 1 saturated heterocycles. The number of rotatable bonds is 9. The summed E-state index contributed by atoms with van der Waals surface area (Å²) in [6.07, 6.45) is 8.42. The van der Waals surface area contributed by atoms with Crippen LogP contribution in [0.3, 0.4) is 0 Å². The molecule has 2 fully saturated rings. The average molecular weight is 380 g/mol. The second-order valence-electron chi connectivity index (χ2n) is 8.46. The molecule has 0 bridgehead atoms. The molecule has 0 atom stereocenters. The third kappa shape index (κ3) is 8.08. The minimum Gasteiger partial charge on any atom is -0.356 e. The van der Waals surface area contributed by atoms with Gasteiger partial charge < -0.3 is 15.5 Å². The summed E-state index contributed by atoms with van der Waals surface area (Å²) in [7, 11) is 1.83. The maximum Gasteiger partial charge on any atom is 0.225 e. The molecule has 2 aliphatic rings. The molecule has 1 aliphatic carbocycles.